The molecule has 0 fully saturated rings. The van der Waals surface area contributed by atoms with E-state index in [0.717, 1.165) is 0 Å². The molecule has 0 amide bonds. The molecule has 0 aliphatic heterocycles. The van der Waals surface area contributed by atoms with Gasteiger partial charge in [-0.2, -0.15) is 0 Å². The fourth-order valence-corrected chi connectivity index (χ4v) is 1.79. The maximum absolute atomic E-state index is 3.33. The number of unbranched alkanes of at least 4 members (excludes halogenated alkanes) is 1. The Kier molecular flexibility index (Phi) is 2.83. The predicted octanol–water partition coefficient (Wildman–Crippen LogP) is 3.98. The van der Waals surface area contributed by atoms with Gasteiger partial charge in [-0.25, -0.2) is 0 Å². The van der Waals surface area contributed by atoms with E-state index in [1.165, 1.54) is 35.6 Å². The first-order chi connectivity index (χ1) is 6.92. The molecule has 71 valence electrons. The van der Waals surface area contributed by atoms with Gasteiger partial charge in [-0.05, 0) is 35.2 Å². The highest BCUT2D eigenvalue weighted by Crippen LogP contribution is 2.19. The molecule has 0 spiro atoms. The Morgan fingerprint density at radius 1 is 1.14 bits per heavy atom. The van der Waals surface area contributed by atoms with Crippen LogP contribution in [0.1, 0.15) is 25.3 Å². The van der Waals surface area contributed by atoms with E-state index in [2.05, 4.69) is 37.3 Å². The lowest BCUT2D eigenvalue weighted by molar-refractivity contribution is 0.799. The molecular weight excluding hydrogens is 168 g/mol. The van der Waals surface area contributed by atoms with Crippen LogP contribution in [-0.2, 0) is 6.42 Å². The van der Waals surface area contributed by atoms with Gasteiger partial charge >= 0.3 is 0 Å². The van der Waals surface area contributed by atoms with Gasteiger partial charge in [-0.1, -0.05) is 49.7 Å². The van der Waals surface area contributed by atoms with Crippen LogP contribution >= 0.6 is 0 Å². The maximum atomic E-state index is 3.33. The van der Waals surface area contributed by atoms with Crippen LogP contribution in [0.15, 0.2) is 36.4 Å². The first-order valence-electron chi connectivity index (χ1n) is 5.30. The molecule has 0 unspecified atom stereocenters. The topological polar surface area (TPSA) is 0 Å². The van der Waals surface area contributed by atoms with Crippen LogP contribution in [0.25, 0.3) is 10.8 Å². The molecule has 2 rings (SSSR count). The van der Waals surface area contributed by atoms with Crippen LogP contribution in [0, 0.1) is 6.07 Å². The van der Waals surface area contributed by atoms with Gasteiger partial charge in [0.05, 0.1) is 0 Å². The first-order valence-corrected chi connectivity index (χ1v) is 5.30. The third-order valence-electron chi connectivity index (χ3n) is 2.58. The van der Waals surface area contributed by atoms with Gasteiger partial charge in [0, 0.05) is 0 Å². The fraction of sp³-hybridized carbons (Fsp3) is 0.286. The van der Waals surface area contributed by atoms with E-state index in [0.29, 0.717) is 0 Å². The fourth-order valence-electron chi connectivity index (χ4n) is 1.79. The summed E-state index contributed by atoms with van der Waals surface area (Å²) in [5, 5.41) is 2.60. The number of rotatable bonds is 3. The summed E-state index contributed by atoms with van der Waals surface area (Å²) in [4.78, 5) is 0. The van der Waals surface area contributed by atoms with Gasteiger partial charge in [0.2, 0.25) is 0 Å². The standard InChI is InChI=1S/C14H15/c1-2-3-7-12-9-6-10-13-8-4-5-11-14(12)13/h4-6,8-10H,2-3,7H2,1H3. The molecule has 0 aliphatic rings. The van der Waals surface area contributed by atoms with Gasteiger partial charge in [0.1, 0.15) is 0 Å². The van der Waals surface area contributed by atoms with Crippen LogP contribution < -0.4 is 0 Å². The Morgan fingerprint density at radius 2 is 2.00 bits per heavy atom. The van der Waals surface area contributed by atoms with Crippen molar-refractivity contribution in [3.8, 4) is 0 Å². The normalized spacial score (nSPS) is 10.6. The second-order valence-corrected chi connectivity index (χ2v) is 3.66. The van der Waals surface area contributed by atoms with E-state index in [1.807, 2.05) is 12.1 Å². The van der Waals surface area contributed by atoms with Gasteiger partial charge < -0.3 is 0 Å². The van der Waals surface area contributed by atoms with Crippen molar-refractivity contribution in [3.05, 3.63) is 48.0 Å². The Hall–Kier alpha value is -1.30. The van der Waals surface area contributed by atoms with Crippen LogP contribution in [0.3, 0.4) is 0 Å². The van der Waals surface area contributed by atoms with Crippen molar-refractivity contribution in [1.82, 2.24) is 0 Å². The molecule has 0 aromatic heterocycles. The van der Waals surface area contributed by atoms with E-state index >= 15 is 0 Å². The molecule has 2 aromatic carbocycles. The Bertz CT molecular complexity index is 410. The highest BCUT2D eigenvalue weighted by molar-refractivity contribution is 5.85. The molecule has 2 aromatic rings. The molecule has 1 radical (unpaired) electrons. The molecule has 0 saturated carbocycles. The lowest BCUT2D eigenvalue weighted by Gasteiger charge is -2.04. The SMILES string of the molecule is CCCCc1cccc2ccc[c]c12. The molecule has 14 heavy (non-hydrogen) atoms. The minimum atomic E-state index is 1.17. The molecule has 0 heteroatoms. The van der Waals surface area contributed by atoms with E-state index in [1.54, 1.807) is 0 Å². The van der Waals surface area contributed by atoms with Gasteiger partial charge in [0.15, 0.2) is 0 Å². The summed E-state index contributed by atoms with van der Waals surface area (Å²) < 4.78 is 0. The van der Waals surface area contributed by atoms with Crippen molar-refractivity contribution < 1.29 is 0 Å². The molecule has 0 nitrogen and oxygen atoms in total. The molecule has 0 aliphatic carbocycles. The monoisotopic (exact) mass is 183 g/mol. The van der Waals surface area contributed by atoms with Crippen molar-refractivity contribution in [2.24, 2.45) is 0 Å². The highest BCUT2D eigenvalue weighted by atomic mass is 14.0. The van der Waals surface area contributed by atoms with E-state index in [4.69, 9.17) is 0 Å². The molecule has 0 bridgehead atoms. The number of hydrogen-bond acceptors (Lipinski definition) is 0. The maximum Gasteiger partial charge on any atom is -0.00731 e. The lowest BCUT2D eigenvalue weighted by atomic mass is 10.0. The van der Waals surface area contributed by atoms with Crippen molar-refractivity contribution in [1.29, 1.82) is 0 Å². The van der Waals surface area contributed by atoms with Gasteiger partial charge in [-0.15, -0.1) is 0 Å². The molecule has 0 N–H and O–H groups in total. The summed E-state index contributed by atoms with van der Waals surface area (Å²) in [6, 6.07) is 16.0. The van der Waals surface area contributed by atoms with Crippen LogP contribution in [0.5, 0.6) is 0 Å². The minimum absolute atomic E-state index is 1.17. The number of benzene rings is 2. The average Bonchev–Trinajstić information content (AvgIpc) is 2.26. The third kappa shape index (κ3) is 1.79. The van der Waals surface area contributed by atoms with Gasteiger partial charge in [0.25, 0.3) is 0 Å². The second kappa shape index (κ2) is 4.28. The zero-order chi connectivity index (χ0) is 9.80. The largest absolute Gasteiger partial charge is 0.0654 e. The van der Waals surface area contributed by atoms with Crippen molar-refractivity contribution in [2.45, 2.75) is 26.2 Å². The Balaban J connectivity index is 2.43. The summed E-state index contributed by atoms with van der Waals surface area (Å²) in [6.45, 7) is 2.23. The van der Waals surface area contributed by atoms with Crippen LogP contribution in [-0.4, -0.2) is 0 Å². The Morgan fingerprint density at radius 3 is 2.86 bits per heavy atom. The van der Waals surface area contributed by atoms with E-state index in [9.17, 15) is 0 Å². The number of aryl methyl sites for hydroxylation is 1. The first kappa shape index (κ1) is 9.26. The van der Waals surface area contributed by atoms with Crippen molar-refractivity contribution in [2.75, 3.05) is 0 Å². The summed E-state index contributed by atoms with van der Waals surface area (Å²) in [5.74, 6) is 0. The lowest BCUT2D eigenvalue weighted by Crippen LogP contribution is -1.86. The molecule has 0 heterocycles. The van der Waals surface area contributed by atoms with Gasteiger partial charge in [-0.3, -0.25) is 0 Å². The smallest absolute Gasteiger partial charge is 0.00731 e. The summed E-state index contributed by atoms with van der Waals surface area (Å²) >= 11 is 0. The number of hydrogen-bond donors (Lipinski definition) is 0. The Labute approximate surface area is 85.6 Å². The van der Waals surface area contributed by atoms with Crippen molar-refractivity contribution >= 4 is 10.8 Å². The zero-order valence-corrected chi connectivity index (χ0v) is 8.59. The minimum Gasteiger partial charge on any atom is -0.0654 e. The number of fused-ring (bicyclic) bond motifs is 1. The summed E-state index contributed by atoms with van der Waals surface area (Å²) in [7, 11) is 0. The van der Waals surface area contributed by atoms with Crippen LogP contribution in [0.2, 0.25) is 0 Å². The van der Waals surface area contributed by atoms with E-state index in [-0.39, 0.29) is 0 Å². The highest BCUT2D eigenvalue weighted by Gasteiger charge is 1.98. The second-order valence-electron chi connectivity index (χ2n) is 3.66. The summed E-state index contributed by atoms with van der Waals surface area (Å²) in [5.41, 5.74) is 1.44. The van der Waals surface area contributed by atoms with E-state index < -0.39 is 0 Å². The third-order valence-corrected chi connectivity index (χ3v) is 2.58. The molecule has 0 atom stereocenters. The van der Waals surface area contributed by atoms with Crippen LogP contribution in [0.4, 0.5) is 0 Å². The quantitative estimate of drug-likeness (QED) is 0.675. The van der Waals surface area contributed by atoms with Crippen molar-refractivity contribution in [3.63, 3.8) is 0 Å². The average molecular weight is 183 g/mol. The molecule has 0 saturated heterocycles. The predicted molar refractivity (Wildman–Crippen MR) is 61.4 cm³/mol. The summed E-state index contributed by atoms with van der Waals surface area (Å²) in [6.07, 6.45) is 3.69. The molecular formula is C14H15. The zero-order valence-electron chi connectivity index (χ0n) is 8.59.